The van der Waals surface area contributed by atoms with Crippen LogP contribution in [0.3, 0.4) is 0 Å². The fourth-order valence-corrected chi connectivity index (χ4v) is 3.85. The van der Waals surface area contributed by atoms with E-state index >= 15 is 0 Å². The maximum absolute atomic E-state index is 12.1. The first-order valence-electron chi connectivity index (χ1n) is 5.49. The van der Waals surface area contributed by atoms with Crippen molar-refractivity contribution in [3.63, 3.8) is 0 Å². The van der Waals surface area contributed by atoms with Crippen molar-refractivity contribution in [3.8, 4) is 0 Å². The van der Waals surface area contributed by atoms with Crippen molar-refractivity contribution in [1.29, 1.82) is 0 Å². The zero-order chi connectivity index (χ0) is 12.7. The van der Waals surface area contributed by atoms with E-state index in [4.69, 9.17) is 0 Å². The summed E-state index contributed by atoms with van der Waals surface area (Å²) in [6.07, 6.45) is 0.736. The molecule has 5 heteroatoms. The van der Waals surface area contributed by atoms with Crippen LogP contribution in [0, 0.1) is 0 Å². The minimum atomic E-state index is -3.56. The molecular formula is C12H16O4S. The van der Waals surface area contributed by atoms with E-state index in [-0.39, 0.29) is 4.90 Å². The van der Waals surface area contributed by atoms with E-state index < -0.39 is 26.8 Å². The molecule has 0 radical (unpaired) electrons. The second-order valence-corrected chi connectivity index (χ2v) is 6.87. The molecule has 17 heavy (non-hydrogen) atoms. The lowest BCUT2D eigenvalue weighted by molar-refractivity contribution is -0.198. The van der Waals surface area contributed by atoms with Gasteiger partial charge in [0.2, 0.25) is 0 Å². The summed E-state index contributed by atoms with van der Waals surface area (Å²) in [6, 6.07) is 7.98. The monoisotopic (exact) mass is 256 g/mol. The molecule has 0 aromatic heterocycles. The highest BCUT2D eigenvalue weighted by atomic mass is 32.2. The Labute approximate surface area is 101 Å². The largest absolute Gasteiger partial charge is 0.387 e. The number of hydrogen-bond donors (Lipinski definition) is 2. The minimum absolute atomic E-state index is 0.177. The molecule has 0 unspecified atom stereocenters. The van der Waals surface area contributed by atoms with Crippen LogP contribution < -0.4 is 0 Å². The quantitative estimate of drug-likeness (QED) is 0.836. The first kappa shape index (κ1) is 12.5. The maximum Gasteiger partial charge on any atom is 0.181 e. The molecule has 2 atom stereocenters. The predicted octanol–water partition coefficient (Wildman–Crippen LogP) is 0.736. The standard InChI is InChI=1S/C12H16O4S/c1-11(13)7-8-12(11,14)9-17(15,16)10-5-3-2-4-6-10/h2-6,13-14H,7-9H2,1H3/t11-,12-/m1/s1. The van der Waals surface area contributed by atoms with Gasteiger partial charge in [0.15, 0.2) is 9.84 Å². The Bertz CT molecular complexity index is 507. The van der Waals surface area contributed by atoms with Crippen LogP contribution in [0.25, 0.3) is 0 Å². The third-order valence-electron chi connectivity index (χ3n) is 3.56. The van der Waals surface area contributed by atoms with E-state index in [1.54, 1.807) is 18.2 Å². The van der Waals surface area contributed by atoms with E-state index in [9.17, 15) is 18.6 Å². The first-order chi connectivity index (χ1) is 7.77. The molecule has 4 nitrogen and oxygen atoms in total. The Morgan fingerprint density at radius 3 is 2.18 bits per heavy atom. The minimum Gasteiger partial charge on any atom is -0.387 e. The summed E-state index contributed by atoms with van der Waals surface area (Å²) in [5.74, 6) is -0.434. The van der Waals surface area contributed by atoms with Gasteiger partial charge in [-0.1, -0.05) is 18.2 Å². The van der Waals surface area contributed by atoms with Crippen molar-refractivity contribution in [2.75, 3.05) is 5.75 Å². The molecule has 1 fully saturated rings. The van der Waals surface area contributed by atoms with Crippen LogP contribution in [0.5, 0.6) is 0 Å². The van der Waals surface area contributed by atoms with Crippen LogP contribution in [0.2, 0.25) is 0 Å². The van der Waals surface area contributed by atoms with Gasteiger partial charge in [0.25, 0.3) is 0 Å². The van der Waals surface area contributed by atoms with Gasteiger partial charge in [-0.15, -0.1) is 0 Å². The lowest BCUT2D eigenvalue weighted by atomic mass is 9.67. The Kier molecular flexibility index (Phi) is 2.80. The van der Waals surface area contributed by atoms with Gasteiger partial charge < -0.3 is 10.2 Å². The van der Waals surface area contributed by atoms with Crippen molar-refractivity contribution < 1.29 is 18.6 Å². The molecule has 1 aliphatic carbocycles. The van der Waals surface area contributed by atoms with Crippen molar-refractivity contribution in [2.45, 2.75) is 35.9 Å². The molecule has 0 saturated heterocycles. The van der Waals surface area contributed by atoms with Crippen molar-refractivity contribution >= 4 is 9.84 Å². The van der Waals surface area contributed by atoms with Gasteiger partial charge in [-0.05, 0) is 31.9 Å². The van der Waals surface area contributed by atoms with Crippen molar-refractivity contribution in [2.24, 2.45) is 0 Å². The smallest absolute Gasteiger partial charge is 0.181 e. The van der Waals surface area contributed by atoms with E-state index in [1.165, 1.54) is 19.1 Å². The maximum atomic E-state index is 12.1. The summed E-state index contributed by atoms with van der Waals surface area (Å²) in [7, 11) is -3.56. The molecule has 2 N–H and O–H groups in total. The molecule has 0 bridgehead atoms. The molecule has 0 heterocycles. The second-order valence-electron chi connectivity index (χ2n) is 4.88. The highest BCUT2D eigenvalue weighted by Crippen LogP contribution is 2.43. The van der Waals surface area contributed by atoms with Crippen LogP contribution >= 0.6 is 0 Å². The summed E-state index contributed by atoms with van der Waals surface area (Å²) < 4.78 is 24.1. The second kappa shape index (κ2) is 3.80. The average Bonchev–Trinajstić information content (AvgIpc) is 2.28. The normalized spacial score (nSPS) is 33.1. The van der Waals surface area contributed by atoms with E-state index in [2.05, 4.69) is 0 Å². The molecular weight excluding hydrogens is 240 g/mol. The Morgan fingerprint density at radius 1 is 1.18 bits per heavy atom. The molecule has 1 aliphatic rings. The van der Waals surface area contributed by atoms with Gasteiger partial charge in [0.05, 0.1) is 16.2 Å². The van der Waals surface area contributed by atoms with Gasteiger partial charge in [0, 0.05) is 0 Å². The zero-order valence-electron chi connectivity index (χ0n) is 9.63. The van der Waals surface area contributed by atoms with Gasteiger partial charge in [-0.25, -0.2) is 8.42 Å². The van der Waals surface area contributed by atoms with Crippen LogP contribution in [0.4, 0.5) is 0 Å². The van der Waals surface area contributed by atoms with Gasteiger partial charge >= 0.3 is 0 Å². The highest BCUT2D eigenvalue weighted by Gasteiger charge is 2.56. The SMILES string of the molecule is C[C@@]1(O)CC[C@@]1(O)CS(=O)(=O)c1ccccc1. The number of benzene rings is 1. The molecule has 1 aromatic carbocycles. The summed E-state index contributed by atoms with van der Waals surface area (Å²) in [5, 5.41) is 19.9. The van der Waals surface area contributed by atoms with Gasteiger partial charge in [0.1, 0.15) is 5.60 Å². The molecule has 0 spiro atoms. The number of rotatable bonds is 3. The number of hydrogen-bond acceptors (Lipinski definition) is 4. The highest BCUT2D eigenvalue weighted by molar-refractivity contribution is 7.91. The first-order valence-corrected chi connectivity index (χ1v) is 7.15. The summed E-state index contributed by atoms with van der Waals surface area (Å²) in [4.78, 5) is 0.177. The molecule has 1 aromatic rings. The van der Waals surface area contributed by atoms with Crippen LogP contribution in [0.15, 0.2) is 35.2 Å². The van der Waals surface area contributed by atoms with Crippen molar-refractivity contribution in [3.05, 3.63) is 30.3 Å². The van der Waals surface area contributed by atoms with E-state index in [1.807, 2.05) is 0 Å². The molecule has 0 amide bonds. The van der Waals surface area contributed by atoms with E-state index in [0.717, 1.165) is 0 Å². The van der Waals surface area contributed by atoms with Crippen LogP contribution in [-0.4, -0.2) is 35.6 Å². The Balaban J connectivity index is 2.26. The molecule has 2 rings (SSSR count). The zero-order valence-corrected chi connectivity index (χ0v) is 10.4. The van der Waals surface area contributed by atoms with Crippen molar-refractivity contribution in [1.82, 2.24) is 0 Å². The topological polar surface area (TPSA) is 74.6 Å². The van der Waals surface area contributed by atoms with Gasteiger partial charge in [-0.3, -0.25) is 0 Å². The fourth-order valence-electron chi connectivity index (χ4n) is 2.03. The Morgan fingerprint density at radius 2 is 1.76 bits per heavy atom. The average molecular weight is 256 g/mol. The fraction of sp³-hybridized carbons (Fsp3) is 0.500. The molecule has 1 saturated carbocycles. The number of aliphatic hydroxyl groups is 2. The van der Waals surface area contributed by atoms with Gasteiger partial charge in [-0.2, -0.15) is 0 Å². The van der Waals surface area contributed by atoms with E-state index in [0.29, 0.717) is 12.8 Å². The summed E-state index contributed by atoms with van der Waals surface area (Å²) in [6.45, 7) is 1.47. The van der Waals surface area contributed by atoms with Crippen LogP contribution in [0.1, 0.15) is 19.8 Å². The third kappa shape index (κ3) is 2.10. The lowest BCUT2D eigenvalue weighted by Crippen LogP contribution is -2.64. The number of sulfone groups is 1. The molecule has 94 valence electrons. The predicted molar refractivity (Wildman–Crippen MR) is 63.3 cm³/mol. The summed E-state index contributed by atoms with van der Waals surface area (Å²) >= 11 is 0. The van der Waals surface area contributed by atoms with Crippen LogP contribution in [-0.2, 0) is 9.84 Å². The molecule has 0 aliphatic heterocycles. The lowest BCUT2D eigenvalue weighted by Gasteiger charge is -2.50. The third-order valence-corrected chi connectivity index (χ3v) is 5.41. The Hall–Kier alpha value is -0.910. The summed E-state index contributed by atoms with van der Waals surface area (Å²) in [5.41, 5.74) is -2.84.